The number of hydrogen-bond donors (Lipinski definition) is 1. The summed E-state index contributed by atoms with van der Waals surface area (Å²) in [5.41, 5.74) is 2.90. The van der Waals surface area contributed by atoms with E-state index in [9.17, 15) is 4.79 Å². The number of nitrogens with zero attached hydrogens (tertiary/aromatic N) is 2. The largest absolute Gasteiger partial charge is 0.445 e. The van der Waals surface area contributed by atoms with E-state index in [1.54, 1.807) is 24.7 Å². The van der Waals surface area contributed by atoms with E-state index in [2.05, 4.69) is 21.9 Å². The first-order valence-electron chi connectivity index (χ1n) is 6.63. The molecule has 21 heavy (non-hydrogen) atoms. The lowest BCUT2D eigenvalue weighted by atomic mass is 10.0. The van der Waals surface area contributed by atoms with Crippen LogP contribution in [0.2, 0.25) is 0 Å². The molecule has 1 amide bonds. The van der Waals surface area contributed by atoms with Crippen LogP contribution in [0.3, 0.4) is 0 Å². The molecule has 0 bridgehead atoms. The van der Waals surface area contributed by atoms with Crippen LogP contribution in [-0.2, 0) is 17.8 Å². The molecule has 108 valence electrons. The van der Waals surface area contributed by atoms with Crippen LogP contribution in [0.1, 0.15) is 16.8 Å². The lowest BCUT2D eigenvalue weighted by Gasteiger charge is -2.10. The smallest absolute Gasteiger partial charge is 0.407 e. The lowest BCUT2D eigenvalue weighted by molar-refractivity contribution is 0.140. The Morgan fingerprint density at radius 2 is 2.10 bits per heavy atom. The van der Waals surface area contributed by atoms with Crippen molar-refractivity contribution in [1.29, 1.82) is 0 Å². The molecule has 1 aromatic heterocycles. The van der Waals surface area contributed by atoms with Gasteiger partial charge in [-0.2, -0.15) is 0 Å². The van der Waals surface area contributed by atoms with E-state index in [-0.39, 0.29) is 6.61 Å². The van der Waals surface area contributed by atoms with Gasteiger partial charge in [-0.3, -0.25) is 9.97 Å². The second-order valence-corrected chi connectivity index (χ2v) is 4.39. The second-order valence-electron chi connectivity index (χ2n) is 4.39. The Bertz CT molecular complexity index is 599. The molecular formula is C16H17N3O2. The number of benzene rings is 1. The number of carbonyl (C=O) groups is 1. The van der Waals surface area contributed by atoms with Gasteiger partial charge in [0.25, 0.3) is 0 Å². The molecule has 1 aromatic carbocycles. The van der Waals surface area contributed by atoms with Crippen molar-refractivity contribution in [2.45, 2.75) is 13.0 Å². The molecule has 2 rings (SSSR count). The molecule has 5 nitrogen and oxygen atoms in total. The van der Waals surface area contributed by atoms with Crippen LogP contribution in [0.4, 0.5) is 4.79 Å². The van der Waals surface area contributed by atoms with Crippen molar-refractivity contribution >= 4 is 6.09 Å². The third kappa shape index (κ3) is 4.72. The van der Waals surface area contributed by atoms with Crippen LogP contribution < -0.4 is 5.32 Å². The fourth-order valence-electron chi connectivity index (χ4n) is 1.84. The van der Waals surface area contributed by atoms with Crippen molar-refractivity contribution in [3.63, 3.8) is 0 Å². The summed E-state index contributed by atoms with van der Waals surface area (Å²) in [6, 6.07) is 7.80. The Balaban J connectivity index is 2.00. The van der Waals surface area contributed by atoms with E-state index >= 15 is 0 Å². The van der Waals surface area contributed by atoms with Crippen molar-refractivity contribution < 1.29 is 9.53 Å². The van der Waals surface area contributed by atoms with Gasteiger partial charge in [0.2, 0.25) is 0 Å². The molecule has 0 atom stereocenters. The average molecular weight is 283 g/mol. The monoisotopic (exact) mass is 283 g/mol. The number of amides is 1. The Hall–Kier alpha value is -2.69. The maximum Gasteiger partial charge on any atom is 0.407 e. The van der Waals surface area contributed by atoms with Gasteiger partial charge in [0.1, 0.15) is 6.61 Å². The molecule has 1 heterocycles. The number of nitrogens with one attached hydrogen (secondary N) is 1. The highest BCUT2D eigenvalue weighted by Gasteiger charge is 2.07. The van der Waals surface area contributed by atoms with Gasteiger partial charge in [-0.25, -0.2) is 4.79 Å². The summed E-state index contributed by atoms with van der Waals surface area (Å²) < 4.78 is 5.17. The lowest BCUT2D eigenvalue weighted by Crippen LogP contribution is -2.24. The van der Waals surface area contributed by atoms with Crippen molar-refractivity contribution in [3.05, 3.63) is 72.3 Å². The summed E-state index contributed by atoms with van der Waals surface area (Å²) in [6.07, 6.45) is 6.84. The van der Waals surface area contributed by atoms with E-state index in [1.165, 1.54) is 0 Å². The van der Waals surface area contributed by atoms with E-state index in [4.69, 9.17) is 4.74 Å². The minimum absolute atomic E-state index is 0.222. The van der Waals surface area contributed by atoms with Crippen LogP contribution >= 0.6 is 0 Å². The van der Waals surface area contributed by atoms with Gasteiger partial charge in [0.15, 0.2) is 0 Å². The van der Waals surface area contributed by atoms with E-state index < -0.39 is 6.09 Å². The molecule has 0 aliphatic rings. The van der Waals surface area contributed by atoms with E-state index in [0.717, 1.165) is 16.8 Å². The Kier molecular flexibility index (Phi) is 5.46. The molecule has 0 fully saturated rings. The van der Waals surface area contributed by atoms with Crippen LogP contribution in [0.5, 0.6) is 0 Å². The highest BCUT2D eigenvalue weighted by Crippen LogP contribution is 2.13. The van der Waals surface area contributed by atoms with E-state index in [1.807, 2.05) is 24.3 Å². The van der Waals surface area contributed by atoms with Crippen molar-refractivity contribution in [2.75, 3.05) is 6.54 Å². The first-order chi connectivity index (χ1) is 10.3. The summed E-state index contributed by atoms with van der Waals surface area (Å²) in [6.45, 7) is 4.14. The Morgan fingerprint density at radius 1 is 1.29 bits per heavy atom. The number of hydrogen-bond acceptors (Lipinski definition) is 4. The first kappa shape index (κ1) is 14.7. The van der Waals surface area contributed by atoms with E-state index in [0.29, 0.717) is 13.0 Å². The summed E-state index contributed by atoms with van der Waals surface area (Å²) in [5, 5.41) is 2.57. The first-order valence-corrected chi connectivity index (χ1v) is 6.63. The fourth-order valence-corrected chi connectivity index (χ4v) is 1.84. The maximum absolute atomic E-state index is 11.4. The quantitative estimate of drug-likeness (QED) is 0.827. The van der Waals surface area contributed by atoms with Gasteiger partial charge in [-0.15, -0.1) is 6.58 Å². The maximum atomic E-state index is 11.4. The van der Waals surface area contributed by atoms with Gasteiger partial charge in [0, 0.05) is 31.6 Å². The molecule has 0 spiro atoms. The second kappa shape index (κ2) is 7.79. The molecule has 5 heteroatoms. The minimum Gasteiger partial charge on any atom is -0.445 e. The average Bonchev–Trinajstić information content (AvgIpc) is 2.53. The van der Waals surface area contributed by atoms with Gasteiger partial charge in [0.05, 0.1) is 5.69 Å². The van der Waals surface area contributed by atoms with Crippen LogP contribution in [0.25, 0.3) is 0 Å². The molecule has 0 saturated carbocycles. The highest BCUT2D eigenvalue weighted by molar-refractivity contribution is 5.67. The van der Waals surface area contributed by atoms with Gasteiger partial charge in [-0.1, -0.05) is 30.3 Å². The molecule has 0 unspecified atom stereocenters. The predicted molar refractivity (Wildman–Crippen MR) is 79.7 cm³/mol. The third-order valence-corrected chi connectivity index (χ3v) is 2.86. The van der Waals surface area contributed by atoms with Gasteiger partial charge < -0.3 is 10.1 Å². The summed E-state index contributed by atoms with van der Waals surface area (Å²) in [4.78, 5) is 19.7. The zero-order valence-corrected chi connectivity index (χ0v) is 11.7. The topological polar surface area (TPSA) is 64.1 Å². The number of ether oxygens (including phenoxy) is 1. The zero-order valence-electron chi connectivity index (χ0n) is 11.7. The molecule has 0 aliphatic carbocycles. The minimum atomic E-state index is -0.454. The predicted octanol–water partition coefficient (Wildman–Crippen LogP) is 2.48. The Labute approximate surface area is 123 Å². The van der Waals surface area contributed by atoms with Crippen molar-refractivity contribution in [1.82, 2.24) is 15.3 Å². The number of aromatic nitrogens is 2. The van der Waals surface area contributed by atoms with Crippen LogP contribution in [0, 0.1) is 0 Å². The molecule has 0 aliphatic heterocycles. The summed E-state index contributed by atoms with van der Waals surface area (Å²) >= 11 is 0. The SMILES string of the molecule is C=CCNC(=O)OCc1ccccc1Cc1cnccn1. The van der Waals surface area contributed by atoms with Crippen molar-refractivity contribution in [3.8, 4) is 0 Å². The highest BCUT2D eigenvalue weighted by atomic mass is 16.5. The molecule has 1 N–H and O–H groups in total. The molecular weight excluding hydrogens is 266 g/mol. The summed E-state index contributed by atoms with van der Waals surface area (Å²) in [5.74, 6) is 0. The van der Waals surface area contributed by atoms with Crippen molar-refractivity contribution in [2.24, 2.45) is 0 Å². The Morgan fingerprint density at radius 3 is 2.81 bits per heavy atom. The fraction of sp³-hybridized carbons (Fsp3) is 0.188. The summed E-state index contributed by atoms with van der Waals surface area (Å²) in [7, 11) is 0. The number of carbonyl (C=O) groups excluding carboxylic acids is 1. The molecule has 0 saturated heterocycles. The van der Waals surface area contributed by atoms with Crippen LogP contribution in [-0.4, -0.2) is 22.6 Å². The normalized spacial score (nSPS) is 9.90. The van der Waals surface area contributed by atoms with Gasteiger partial charge >= 0.3 is 6.09 Å². The number of rotatable bonds is 6. The zero-order chi connectivity index (χ0) is 14.9. The number of alkyl carbamates (subject to hydrolysis) is 1. The standard InChI is InChI=1S/C16H17N3O2/c1-2-7-19-16(20)21-12-14-6-4-3-5-13(14)10-15-11-17-8-9-18-15/h2-6,8-9,11H,1,7,10,12H2,(H,19,20). The van der Waals surface area contributed by atoms with Gasteiger partial charge in [-0.05, 0) is 11.1 Å². The third-order valence-electron chi connectivity index (χ3n) is 2.86. The molecule has 2 aromatic rings. The van der Waals surface area contributed by atoms with Crippen LogP contribution in [0.15, 0.2) is 55.5 Å². The molecule has 0 radical (unpaired) electrons.